The van der Waals surface area contributed by atoms with Crippen LogP contribution in [0.15, 0.2) is 0 Å². The number of amides is 1. The van der Waals surface area contributed by atoms with Gasteiger partial charge in [0, 0.05) is 26.1 Å². The molecule has 0 fully saturated rings. The molecular weight excluding hydrogens is 180 g/mol. The van der Waals surface area contributed by atoms with E-state index in [1.54, 1.807) is 11.9 Å². The average molecular weight is 198 g/mol. The van der Waals surface area contributed by atoms with Crippen molar-refractivity contribution in [1.29, 1.82) is 5.26 Å². The van der Waals surface area contributed by atoms with Crippen LogP contribution in [-0.4, -0.2) is 35.6 Å². The maximum absolute atomic E-state index is 11.5. The maximum atomic E-state index is 11.5. The van der Waals surface area contributed by atoms with Crippen LogP contribution in [0.5, 0.6) is 0 Å². The van der Waals surface area contributed by atoms with Crippen molar-refractivity contribution in [2.24, 2.45) is 0 Å². The van der Waals surface area contributed by atoms with Crippen LogP contribution in [0.1, 0.15) is 32.6 Å². The van der Waals surface area contributed by atoms with Crippen molar-refractivity contribution in [1.82, 2.24) is 4.90 Å². The fourth-order valence-electron chi connectivity index (χ4n) is 1.08. The molecule has 4 nitrogen and oxygen atoms in total. The summed E-state index contributed by atoms with van der Waals surface area (Å²) in [5, 5.41) is 17.0. The molecule has 0 heterocycles. The molecule has 1 N–H and O–H groups in total. The zero-order valence-corrected chi connectivity index (χ0v) is 8.86. The topological polar surface area (TPSA) is 64.3 Å². The van der Waals surface area contributed by atoms with Gasteiger partial charge in [-0.2, -0.15) is 5.26 Å². The van der Waals surface area contributed by atoms with Gasteiger partial charge >= 0.3 is 0 Å². The Morgan fingerprint density at radius 3 is 2.71 bits per heavy atom. The molecule has 0 saturated carbocycles. The van der Waals surface area contributed by atoms with Crippen LogP contribution in [-0.2, 0) is 4.79 Å². The molecule has 0 aromatic carbocycles. The minimum atomic E-state index is -0.0263. The van der Waals surface area contributed by atoms with Gasteiger partial charge in [-0.05, 0) is 19.8 Å². The highest BCUT2D eigenvalue weighted by molar-refractivity contribution is 5.76. The summed E-state index contributed by atoms with van der Waals surface area (Å²) in [6, 6.07) is 2.01. The summed E-state index contributed by atoms with van der Waals surface area (Å²) < 4.78 is 0. The standard InChI is InChI=1S/C10H18N2O2/c1-9(6-7-11)12(2)10(14)5-3-4-8-13/h9,13H,3-6,8H2,1-2H3. The van der Waals surface area contributed by atoms with Crippen LogP contribution >= 0.6 is 0 Å². The Hall–Kier alpha value is -1.08. The van der Waals surface area contributed by atoms with E-state index in [-0.39, 0.29) is 18.6 Å². The molecule has 0 aromatic heterocycles. The fraction of sp³-hybridized carbons (Fsp3) is 0.800. The van der Waals surface area contributed by atoms with Crippen molar-refractivity contribution in [2.75, 3.05) is 13.7 Å². The maximum Gasteiger partial charge on any atom is 0.222 e. The minimum Gasteiger partial charge on any atom is -0.396 e. The second kappa shape index (κ2) is 7.34. The van der Waals surface area contributed by atoms with Crippen molar-refractivity contribution in [3.05, 3.63) is 0 Å². The molecule has 0 aliphatic heterocycles. The number of rotatable bonds is 6. The molecular formula is C10H18N2O2. The first-order chi connectivity index (χ1) is 6.63. The number of unbranched alkanes of at least 4 members (excludes halogenated alkanes) is 1. The normalized spacial score (nSPS) is 11.9. The first kappa shape index (κ1) is 12.9. The van der Waals surface area contributed by atoms with Gasteiger partial charge in [-0.25, -0.2) is 0 Å². The van der Waals surface area contributed by atoms with E-state index in [1.807, 2.05) is 13.0 Å². The van der Waals surface area contributed by atoms with Crippen molar-refractivity contribution >= 4 is 5.91 Å². The minimum absolute atomic E-state index is 0.0263. The van der Waals surface area contributed by atoms with Crippen molar-refractivity contribution in [3.8, 4) is 6.07 Å². The molecule has 0 aliphatic rings. The summed E-state index contributed by atoms with van der Waals surface area (Å²) in [5.41, 5.74) is 0. The summed E-state index contributed by atoms with van der Waals surface area (Å²) >= 11 is 0. The zero-order chi connectivity index (χ0) is 11.0. The lowest BCUT2D eigenvalue weighted by Gasteiger charge is -2.22. The quantitative estimate of drug-likeness (QED) is 0.645. The van der Waals surface area contributed by atoms with Gasteiger partial charge in [0.1, 0.15) is 0 Å². The highest BCUT2D eigenvalue weighted by Gasteiger charge is 2.14. The van der Waals surface area contributed by atoms with Crippen LogP contribution in [0, 0.1) is 11.3 Å². The van der Waals surface area contributed by atoms with Crippen molar-refractivity contribution in [3.63, 3.8) is 0 Å². The van der Waals surface area contributed by atoms with Crippen molar-refractivity contribution < 1.29 is 9.90 Å². The van der Waals surface area contributed by atoms with Crippen LogP contribution in [0.25, 0.3) is 0 Å². The van der Waals surface area contributed by atoms with E-state index in [1.165, 1.54) is 0 Å². The molecule has 1 amide bonds. The Labute approximate surface area is 85.1 Å². The first-order valence-corrected chi connectivity index (χ1v) is 4.87. The molecule has 1 atom stereocenters. The van der Waals surface area contributed by atoms with Crippen LogP contribution in [0.4, 0.5) is 0 Å². The van der Waals surface area contributed by atoms with Gasteiger partial charge in [-0.3, -0.25) is 4.79 Å². The number of carbonyl (C=O) groups excluding carboxylic acids is 1. The highest BCUT2D eigenvalue weighted by atomic mass is 16.3. The number of hydrogen-bond acceptors (Lipinski definition) is 3. The molecule has 0 aromatic rings. The molecule has 0 rings (SSSR count). The summed E-state index contributed by atoms with van der Waals surface area (Å²) in [6.07, 6.45) is 2.18. The third-order valence-electron chi connectivity index (χ3n) is 2.24. The third kappa shape index (κ3) is 4.83. The largest absolute Gasteiger partial charge is 0.396 e. The average Bonchev–Trinajstić information content (AvgIpc) is 2.17. The summed E-state index contributed by atoms with van der Waals surface area (Å²) in [5.74, 6) is 0.0428. The van der Waals surface area contributed by atoms with Gasteiger partial charge in [-0.15, -0.1) is 0 Å². The number of carbonyl (C=O) groups is 1. The number of hydrogen-bond donors (Lipinski definition) is 1. The zero-order valence-electron chi connectivity index (χ0n) is 8.86. The molecule has 0 radical (unpaired) electrons. The molecule has 0 bridgehead atoms. The lowest BCUT2D eigenvalue weighted by atomic mass is 10.2. The van der Waals surface area contributed by atoms with E-state index >= 15 is 0 Å². The molecule has 80 valence electrons. The lowest BCUT2D eigenvalue weighted by Crippen LogP contribution is -2.34. The summed E-state index contributed by atoms with van der Waals surface area (Å²) in [4.78, 5) is 13.1. The van der Waals surface area contributed by atoms with Gasteiger partial charge in [0.25, 0.3) is 0 Å². The van der Waals surface area contributed by atoms with Crippen LogP contribution in [0.2, 0.25) is 0 Å². The van der Waals surface area contributed by atoms with Crippen LogP contribution in [0.3, 0.4) is 0 Å². The smallest absolute Gasteiger partial charge is 0.222 e. The first-order valence-electron chi connectivity index (χ1n) is 4.87. The monoisotopic (exact) mass is 198 g/mol. The highest BCUT2D eigenvalue weighted by Crippen LogP contribution is 2.05. The van der Waals surface area contributed by atoms with Gasteiger partial charge in [-0.1, -0.05) is 0 Å². The SMILES string of the molecule is CC(CC#N)N(C)C(=O)CCCCO. The Bertz CT molecular complexity index is 211. The van der Waals surface area contributed by atoms with E-state index in [4.69, 9.17) is 10.4 Å². The third-order valence-corrected chi connectivity index (χ3v) is 2.24. The molecule has 4 heteroatoms. The van der Waals surface area contributed by atoms with Crippen LogP contribution < -0.4 is 0 Å². The lowest BCUT2D eigenvalue weighted by molar-refractivity contribution is -0.131. The van der Waals surface area contributed by atoms with Crippen molar-refractivity contribution in [2.45, 2.75) is 38.6 Å². The Morgan fingerprint density at radius 1 is 1.57 bits per heavy atom. The summed E-state index contributed by atoms with van der Waals surface area (Å²) in [6.45, 7) is 1.98. The van der Waals surface area contributed by atoms with E-state index in [9.17, 15) is 4.79 Å². The number of aliphatic hydroxyl groups excluding tert-OH is 1. The van der Waals surface area contributed by atoms with Gasteiger partial charge < -0.3 is 10.0 Å². The molecule has 1 unspecified atom stereocenters. The summed E-state index contributed by atoms with van der Waals surface area (Å²) in [7, 11) is 1.71. The Kier molecular flexibility index (Phi) is 6.77. The van der Waals surface area contributed by atoms with Gasteiger partial charge in [0.15, 0.2) is 0 Å². The number of aliphatic hydroxyl groups is 1. The number of nitriles is 1. The van der Waals surface area contributed by atoms with E-state index in [0.717, 1.165) is 0 Å². The molecule has 0 saturated heterocycles. The predicted molar refractivity (Wildman–Crippen MR) is 53.4 cm³/mol. The molecule has 0 spiro atoms. The number of nitrogens with zero attached hydrogens (tertiary/aromatic N) is 2. The molecule has 0 aliphatic carbocycles. The second-order valence-electron chi connectivity index (χ2n) is 3.40. The predicted octanol–water partition coefficient (Wildman–Crippen LogP) is 0.910. The molecule has 14 heavy (non-hydrogen) atoms. The van der Waals surface area contributed by atoms with Gasteiger partial charge in [0.2, 0.25) is 5.91 Å². The second-order valence-corrected chi connectivity index (χ2v) is 3.40. The van der Waals surface area contributed by atoms with E-state index in [0.29, 0.717) is 25.7 Å². The Morgan fingerprint density at radius 2 is 2.21 bits per heavy atom. The Balaban J connectivity index is 3.81. The van der Waals surface area contributed by atoms with E-state index in [2.05, 4.69) is 0 Å². The van der Waals surface area contributed by atoms with E-state index < -0.39 is 0 Å². The fourth-order valence-corrected chi connectivity index (χ4v) is 1.08. The van der Waals surface area contributed by atoms with Gasteiger partial charge in [0.05, 0.1) is 12.5 Å².